The second-order valence-electron chi connectivity index (χ2n) is 8.62. The van der Waals surface area contributed by atoms with E-state index in [-0.39, 0.29) is 0 Å². The summed E-state index contributed by atoms with van der Waals surface area (Å²) in [4.78, 5) is 25.9. The smallest absolute Gasteiger partial charge is 0.347 e. The van der Waals surface area contributed by atoms with Crippen molar-refractivity contribution in [2.24, 2.45) is 0 Å². The van der Waals surface area contributed by atoms with Crippen molar-refractivity contribution in [3.63, 3.8) is 0 Å². The molecule has 31 heavy (non-hydrogen) atoms. The Balaban J connectivity index is 1.71. The van der Waals surface area contributed by atoms with E-state index in [2.05, 4.69) is 33.5 Å². The van der Waals surface area contributed by atoms with Gasteiger partial charge in [-0.25, -0.2) is 9.59 Å². The van der Waals surface area contributed by atoms with Crippen LogP contribution in [0.1, 0.15) is 49.7 Å². The van der Waals surface area contributed by atoms with Gasteiger partial charge in [0, 0.05) is 58.1 Å². The van der Waals surface area contributed by atoms with Crippen LogP contribution in [0.2, 0.25) is 0 Å². The molecule has 156 valence electrons. The Kier molecular flexibility index (Phi) is 4.23. The van der Waals surface area contributed by atoms with Gasteiger partial charge >= 0.3 is 11.9 Å². The molecule has 0 N–H and O–H groups in total. The van der Waals surface area contributed by atoms with Crippen molar-refractivity contribution in [1.82, 2.24) is 9.13 Å². The normalized spacial score (nSPS) is 18.7. The molecule has 0 atom stereocenters. The fourth-order valence-corrected chi connectivity index (χ4v) is 5.29. The number of carbonyl (C=O) groups excluding carboxylic acids is 2. The predicted molar refractivity (Wildman–Crippen MR) is 120 cm³/mol. The maximum Gasteiger partial charge on any atom is 0.347 e. The van der Waals surface area contributed by atoms with Gasteiger partial charge in [0.15, 0.2) is 0 Å². The van der Waals surface area contributed by atoms with Gasteiger partial charge in [-0.15, -0.1) is 0 Å². The number of ether oxygens (including phenoxy) is 1. The van der Waals surface area contributed by atoms with Crippen molar-refractivity contribution in [2.45, 2.75) is 51.6 Å². The lowest BCUT2D eigenvalue weighted by Crippen LogP contribution is -2.32. The third kappa shape index (κ3) is 2.83. The number of carbonyl (C=O) groups is 2. The minimum Gasteiger partial charge on any atom is -0.386 e. The molecule has 0 saturated heterocycles. The van der Waals surface area contributed by atoms with Crippen molar-refractivity contribution in [3.8, 4) is 0 Å². The molecular weight excluding hydrogens is 388 g/mol. The van der Waals surface area contributed by atoms with Crippen LogP contribution in [0.3, 0.4) is 0 Å². The largest absolute Gasteiger partial charge is 0.386 e. The van der Waals surface area contributed by atoms with Gasteiger partial charge in [0.05, 0.1) is 11.1 Å². The Morgan fingerprint density at radius 1 is 0.742 bits per heavy atom. The van der Waals surface area contributed by atoms with Crippen LogP contribution in [0, 0.1) is 0 Å². The van der Waals surface area contributed by atoms with Crippen LogP contribution in [-0.2, 0) is 27.4 Å². The van der Waals surface area contributed by atoms with Crippen LogP contribution in [0.5, 0.6) is 0 Å². The van der Waals surface area contributed by atoms with E-state index in [1.165, 1.54) is 12.8 Å². The summed E-state index contributed by atoms with van der Waals surface area (Å²) in [6.45, 7) is 1.82. The Hall–Kier alpha value is -3.34. The minimum atomic E-state index is -0.545. The second kappa shape index (κ2) is 7.12. The summed E-state index contributed by atoms with van der Waals surface area (Å²) < 4.78 is 9.67. The molecule has 1 aliphatic carbocycles. The summed E-state index contributed by atoms with van der Waals surface area (Å²) >= 11 is 0. The lowest BCUT2D eigenvalue weighted by atomic mass is 9.95. The maximum atomic E-state index is 13.0. The molecule has 3 aliphatic rings. The zero-order valence-corrected chi connectivity index (χ0v) is 17.4. The zero-order chi connectivity index (χ0) is 20.9. The topological polar surface area (TPSA) is 53.2 Å². The summed E-state index contributed by atoms with van der Waals surface area (Å²) in [5.74, 6) is -1.08. The number of para-hydroxylation sites is 1. The summed E-state index contributed by atoms with van der Waals surface area (Å²) in [5.41, 5.74) is 3.51. The molecule has 0 unspecified atom stereocenters. The third-order valence-corrected chi connectivity index (χ3v) is 6.73. The molecule has 6 rings (SSSR count). The van der Waals surface area contributed by atoms with Gasteiger partial charge < -0.3 is 13.9 Å². The fourth-order valence-electron chi connectivity index (χ4n) is 5.29. The monoisotopic (exact) mass is 412 g/mol. The van der Waals surface area contributed by atoms with Crippen LogP contribution in [0.25, 0.3) is 34.2 Å². The molecule has 4 bridgehead atoms. The summed E-state index contributed by atoms with van der Waals surface area (Å²) in [5, 5.41) is 3.21. The highest BCUT2D eigenvalue weighted by Gasteiger charge is 2.37. The number of nitrogens with zero attached hydrogens (tertiary/aromatic N) is 2. The average molecular weight is 412 g/mol. The number of fused-ring (bicyclic) bond motifs is 12. The molecule has 0 radical (unpaired) electrons. The quantitative estimate of drug-likeness (QED) is 0.420. The van der Waals surface area contributed by atoms with Crippen molar-refractivity contribution < 1.29 is 14.3 Å². The second-order valence-corrected chi connectivity index (χ2v) is 8.62. The third-order valence-electron chi connectivity index (χ3n) is 6.73. The number of benzene rings is 1. The van der Waals surface area contributed by atoms with Crippen molar-refractivity contribution in [3.05, 3.63) is 58.4 Å². The van der Waals surface area contributed by atoms with E-state index in [0.29, 0.717) is 11.1 Å². The van der Waals surface area contributed by atoms with Gasteiger partial charge in [0.2, 0.25) is 0 Å². The van der Waals surface area contributed by atoms with E-state index in [0.717, 1.165) is 71.4 Å². The van der Waals surface area contributed by atoms with Crippen LogP contribution in [0.4, 0.5) is 0 Å². The first-order valence-electron chi connectivity index (χ1n) is 11.2. The van der Waals surface area contributed by atoms with E-state index in [1.54, 1.807) is 0 Å². The summed E-state index contributed by atoms with van der Waals surface area (Å²) in [6.07, 6.45) is 15.0. The van der Waals surface area contributed by atoms with Crippen LogP contribution in [0.15, 0.2) is 36.7 Å². The lowest BCUT2D eigenvalue weighted by Gasteiger charge is -2.07. The number of cyclic esters (lactones) is 2. The van der Waals surface area contributed by atoms with Gasteiger partial charge in [-0.3, -0.25) is 0 Å². The highest BCUT2D eigenvalue weighted by atomic mass is 16.6. The molecule has 3 aromatic rings. The van der Waals surface area contributed by atoms with Crippen molar-refractivity contribution in [2.75, 3.05) is 0 Å². The Morgan fingerprint density at radius 2 is 1.42 bits per heavy atom. The Morgan fingerprint density at radius 3 is 2.26 bits per heavy atom. The molecule has 5 heteroatoms. The van der Waals surface area contributed by atoms with Gasteiger partial charge in [0.25, 0.3) is 0 Å². The van der Waals surface area contributed by atoms with Crippen LogP contribution >= 0.6 is 0 Å². The first kappa shape index (κ1) is 18.4. The maximum absolute atomic E-state index is 13.0. The Bertz CT molecular complexity index is 1400. The summed E-state index contributed by atoms with van der Waals surface area (Å²) in [6, 6.07) is 8.11. The predicted octanol–water partition coefficient (Wildman–Crippen LogP) is 3.37. The van der Waals surface area contributed by atoms with Crippen LogP contribution in [-0.4, -0.2) is 21.1 Å². The zero-order valence-electron chi connectivity index (χ0n) is 17.4. The van der Waals surface area contributed by atoms with Gasteiger partial charge in [-0.1, -0.05) is 43.2 Å². The molecule has 0 fully saturated rings. The molecule has 4 heterocycles. The highest BCUT2D eigenvalue weighted by Crippen LogP contribution is 2.37. The minimum absolute atomic E-state index is 0.399. The first-order valence-corrected chi connectivity index (χ1v) is 11.2. The first-order chi connectivity index (χ1) is 15.2. The average Bonchev–Trinajstić information content (AvgIpc) is 3.41. The number of hydrogen-bond donors (Lipinski definition) is 0. The molecular formula is C26H24N2O3. The van der Waals surface area contributed by atoms with Gasteiger partial charge in [-0.05, 0) is 31.7 Å². The number of rotatable bonds is 0. The summed E-state index contributed by atoms with van der Waals surface area (Å²) in [7, 11) is 0. The number of esters is 2. The van der Waals surface area contributed by atoms with E-state index >= 15 is 0 Å². The van der Waals surface area contributed by atoms with Gasteiger partial charge in [0.1, 0.15) is 0 Å². The van der Waals surface area contributed by atoms with E-state index < -0.39 is 11.9 Å². The molecule has 0 spiro atoms. The van der Waals surface area contributed by atoms with E-state index in [1.807, 2.05) is 24.4 Å². The fraction of sp³-hybridized carbons (Fsp3) is 0.308. The lowest BCUT2D eigenvalue weighted by molar-refractivity contribution is -0.149. The molecule has 2 aliphatic heterocycles. The van der Waals surface area contributed by atoms with Crippen molar-refractivity contribution >= 4 is 46.1 Å². The molecule has 2 aromatic heterocycles. The standard InChI is InChI=1S/C26H24N2O3/c29-25-23-19-15-27(21-11-5-3-9-17(19)21)13-7-1-2-8-14-28-16-20(24(23)26(30)31-25)18-10-4-6-12-22(18)28/h3,5,9-12,15-16H,1-2,4,6-8,13-14H2. The van der Waals surface area contributed by atoms with E-state index in [9.17, 15) is 9.59 Å². The van der Waals surface area contributed by atoms with E-state index in [4.69, 9.17) is 4.74 Å². The SMILES string of the molecule is O=C1OC(=O)C2=C1c1cn(c3c1=CCCC=3)CCCCCCn1cc2c2ccccc21. The Labute approximate surface area is 179 Å². The molecule has 5 nitrogen and oxygen atoms in total. The number of aromatic nitrogens is 2. The van der Waals surface area contributed by atoms with Crippen molar-refractivity contribution in [1.29, 1.82) is 0 Å². The number of aryl methyl sites for hydroxylation is 2. The molecule has 1 aromatic carbocycles. The molecule has 0 amide bonds. The molecule has 0 saturated carbocycles. The highest BCUT2D eigenvalue weighted by molar-refractivity contribution is 6.45. The van der Waals surface area contributed by atoms with Gasteiger partial charge in [-0.2, -0.15) is 0 Å². The number of hydrogen-bond acceptors (Lipinski definition) is 3. The van der Waals surface area contributed by atoms with Crippen LogP contribution < -0.4 is 10.6 Å².